The third-order valence-electron chi connectivity index (χ3n) is 5.34. The van der Waals surface area contributed by atoms with E-state index in [1.54, 1.807) is 13.8 Å². The summed E-state index contributed by atoms with van der Waals surface area (Å²) in [6.07, 6.45) is 4.54. The summed E-state index contributed by atoms with van der Waals surface area (Å²) < 4.78 is 14.4. The zero-order valence-corrected chi connectivity index (χ0v) is 14.5. The van der Waals surface area contributed by atoms with Crippen molar-refractivity contribution in [1.29, 1.82) is 0 Å². The largest absolute Gasteiger partial charge is 0.239 e. The first-order chi connectivity index (χ1) is 10.1. The smallest absolute Gasteiger partial charge is 0.130 e. The molecule has 0 amide bonds. The fraction of sp³-hybridized carbons (Fsp3) is 0.524. The highest BCUT2D eigenvalue weighted by molar-refractivity contribution is 5.73. The van der Waals surface area contributed by atoms with E-state index >= 15 is 0 Å². The van der Waals surface area contributed by atoms with E-state index in [1.165, 1.54) is 23.1 Å². The molecule has 2 aliphatic carbocycles. The number of fused-ring (bicyclic) bond motifs is 3. The standard InChI is InChI=1S/C21H27F/c1-13(2)9-14-12-20(3,4)19-11-18(19)17-10-15(21(5,6)22)7-8-16(14)17/h7-10,18-19H,1,11-12H2,2-6H3/b14-9+. The third-order valence-corrected chi connectivity index (χ3v) is 5.34. The molecular weight excluding hydrogens is 271 g/mol. The third kappa shape index (κ3) is 2.66. The number of benzene rings is 1. The van der Waals surface area contributed by atoms with Crippen LogP contribution in [0.3, 0.4) is 0 Å². The Bertz CT molecular complexity index is 655. The van der Waals surface area contributed by atoms with Crippen LogP contribution < -0.4 is 0 Å². The quantitative estimate of drug-likeness (QED) is 0.594. The molecule has 118 valence electrons. The van der Waals surface area contributed by atoms with Crippen molar-refractivity contribution in [2.45, 2.75) is 59.0 Å². The van der Waals surface area contributed by atoms with Crippen LogP contribution in [0.25, 0.3) is 5.57 Å². The number of hydrogen-bond acceptors (Lipinski definition) is 0. The Labute approximate surface area is 134 Å². The van der Waals surface area contributed by atoms with Crippen molar-refractivity contribution in [3.63, 3.8) is 0 Å². The van der Waals surface area contributed by atoms with E-state index in [2.05, 4.69) is 38.6 Å². The monoisotopic (exact) mass is 298 g/mol. The Balaban J connectivity index is 2.16. The van der Waals surface area contributed by atoms with Crippen LogP contribution in [0.2, 0.25) is 0 Å². The van der Waals surface area contributed by atoms with Gasteiger partial charge in [0, 0.05) is 0 Å². The van der Waals surface area contributed by atoms with E-state index in [0.717, 1.165) is 23.5 Å². The van der Waals surface area contributed by atoms with Gasteiger partial charge in [-0.2, -0.15) is 0 Å². The van der Waals surface area contributed by atoms with Crippen LogP contribution >= 0.6 is 0 Å². The molecule has 0 radical (unpaired) electrons. The van der Waals surface area contributed by atoms with Gasteiger partial charge in [-0.25, -0.2) is 4.39 Å². The molecule has 3 rings (SSSR count). The highest BCUT2D eigenvalue weighted by Gasteiger charge is 2.51. The van der Waals surface area contributed by atoms with Crippen LogP contribution in [0.4, 0.5) is 4.39 Å². The topological polar surface area (TPSA) is 0 Å². The summed E-state index contributed by atoms with van der Waals surface area (Å²) in [6, 6.07) is 6.21. The first-order valence-electron chi connectivity index (χ1n) is 8.29. The van der Waals surface area contributed by atoms with Crippen molar-refractivity contribution in [1.82, 2.24) is 0 Å². The lowest BCUT2D eigenvalue weighted by Gasteiger charge is -2.25. The lowest BCUT2D eigenvalue weighted by atomic mass is 9.80. The summed E-state index contributed by atoms with van der Waals surface area (Å²) in [5, 5.41) is 0. The van der Waals surface area contributed by atoms with E-state index in [0.29, 0.717) is 11.3 Å². The molecule has 0 bridgehead atoms. The van der Waals surface area contributed by atoms with Gasteiger partial charge in [-0.05, 0) is 73.1 Å². The van der Waals surface area contributed by atoms with Gasteiger partial charge in [-0.15, -0.1) is 0 Å². The van der Waals surface area contributed by atoms with E-state index in [4.69, 9.17) is 0 Å². The van der Waals surface area contributed by atoms with Gasteiger partial charge in [0.05, 0.1) is 0 Å². The van der Waals surface area contributed by atoms with Gasteiger partial charge in [0.1, 0.15) is 5.67 Å². The minimum absolute atomic E-state index is 0.302. The van der Waals surface area contributed by atoms with Crippen molar-refractivity contribution in [3.05, 3.63) is 53.1 Å². The number of alkyl halides is 1. The lowest BCUT2D eigenvalue weighted by Crippen LogP contribution is -2.14. The molecule has 2 unspecified atom stereocenters. The van der Waals surface area contributed by atoms with Gasteiger partial charge in [-0.3, -0.25) is 0 Å². The van der Waals surface area contributed by atoms with Crippen LogP contribution in [-0.2, 0) is 5.67 Å². The van der Waals surface area contributed by atoms with E-state index in [1.807, 2.05) is 13.0 Å². The Kier molecular flexibility index (Phi) is 3.39. The first-order valence-corrected chi connectivity index (χ1v) is 8.29. The molecule has 1 heteroatoms. The Morgan fingerprint density at radius 3 is 2.64 bits per heavy atom. The fourth-order valence-corrected chi connectivity index (χ4v) is 4.08. The van der Waals surface area contributed by atoms with Crippen LogP contribution in [0, 0.1) is 11.3 Å². The molecule has 2 aliphatic rings. The molecule has 22 heavy (non-hydrogen) atoms. The molecule has 0 spiro atoms. The maximum atomic E-state index is 14.4. The molecule has 0 saturated heterocycles. The second-order valence-corrected chi connectivity index (χ2v) is 8.40. The molecular formula is C21H27F. The highest BCUT2D eigenvalue weighted by atomic mass is 19.1. The maximum Gasteiger partial charge on any atom is 0.130 e. The summed E-state index contributed by atoms with van der Waals surface area (Å²) in [5.41, 5.74) is 4.94. The number of halogens is 1. The summed E-state index contributed by atoms with van der Waals surface area (Å²) in [5.74, 6) is 1.32. The molecule has 0 N–H and O–H groups in total. The van der Waals surface area contributed by atoms with Gasteiger partial charge in [0.2, 0.25) is 0 Å². The number of allylic oxidation sites excluding steroid dienone is 3. The van der Waals surface area contributed by atoms with E-state index < -0.39 is 5.67 Å². The van der Waals surface area contributed by atoms with Crippen molar-refractivity contribution in [3.8, 4) is 0 Å². The molecule has 1 aromatic rings. The minimum Gasteiger partial charge on any atom is -0.239 e. The number of hydrogen-bond donors (Lipinski definition) is 0. The normalized spacial score (nSPS) is 27.8. The second kappa shape index (κ2) is 4.81. The number of rotatable bonds is 2. The van der Waals surface area contributed by atoms with Crippen molar-refractivity contribution < 1.29 is 4.39 Å². The zero-order valence-electron chi connectivity index (χ0n) is 14.5. The lowest BCUT2D eigenvalue weighted by molar-refractivity contribution is 0.221. The van der Waals surface area contributed by atoms with Gasteiger partial charge in [0.25, 0.3) is 0 Å². The molecule has 1 fully saturated rings. The average molecular weight is 298 g/mol. The van der Waals surface area contributed by atoms with E-state index in [9.17, 15) is 4.39 Å². The van der Waals surface area contributed by atoms with Gasteiger partial charge in [0.15, 0.2) is 0 Å². The molecule has 0 aromatic heterocycles. The molecule has 1 saturated carbocycles. The Morgan fingerprint density at radius 1 is 1.36 bits per heavy atom. The molecule has 0 aliphatic heterocycles. The Morgan fingerprint density at radius 2 is 2.05 bits per heavy atom. The molecule has 1 aromatic carbocycles. The second-order valence-electron chi connectivity index (χ2n) is 8.40. The SMILES string of the molecule is C=C(C)/C=C1\CC(C)(C)C2CC2c2cc(C(C)(C)F)ccc21. The summed E-state index contributed by atoms with van der Waals surface area (Å²) in [7, 11) is 0. The summed E-state index contributed by atoms with van der Waals surface area (Å²) >= 11 is 0. The van der Waals surface area contributed by atoms with Gasteiger partial charge < -0.3 is 0 Å². The zero-order chi connectivity index (χ0) is 16.3. The predicted molar refractivity (Wildman–Crippen MR) is 92.6 cm³/mol. The van der Waals surface area contributed by atoms with Gasteiger partial charge >= 0.3 is 0 Å². The van der Waals surface area contributed by atoms with Crippen molar-refractivity contribution in [2.75, 3.05) is 0 Å². The van der Waals surface area contributed by atoms with E-state index in [-0.39, 0.29) is 0 Å². The van der Waals surface area contributed by atoms with Gasteiger partial charge in [-0.1, -0.05) is 50.3 Å². The summed E-state index contributed by atoms with van der Waals surface area (Å²) in [6.45, 7) is 14.1. The maximum absolute atomic E-state index is 14.4. The van der Waals surface area contributed by atoms with Crippen LogP contribution in [0.5, 0.6) is 0 Å². The predicted octanol–water partition coefficient (Wildman–Crippen LogP) is 6.38. The first kappa shape index (κ1) is 15.5. The van der Waals surface area contributed by atoms with Crippen LogP contribution in [-0.4, -0.2) is 0 Å². The fourth-order valence-electron chi connectivity index (χ4n) is 4.08. The van der Waals surface area contributed by atoms with Crippen LogP contribution in [0.15, 0.2) is 36.4 Å². The minimum atomic E-state index is -1.28. The van der Waals surface area contributed by atoms with Crippen molar-refractivity contribution in [2.24, 2.45) is 11.3 Å². The van der Waals surface area contributed by atoms with Crippen LogP contribution in [0.1, 0.15) is 70.1 Å². The highest BCUT2D eigenvalue weighted by Crippen LogP contribution is 2.63. The van der Waals surface area contributed by atoms with Crippen molar-refractivity contribution >= 4 is 5.57 Å². The average Bonchev–Trinajstić information content (AvgIpc) is 3.15. The molecule has 2 atom stereocenters. The summed E-state index contributed by atoms with van der Waals surface area (Å²) in [4.78, 5) is 0. The molecule has 0 nitrogen and oxygen atoms in total. The Hall–Kier alpha value is -1.37. The molecule has 0 heterocycles.